The van der Waals surface area contributed by atoms with Gasteiger partial charge in [-0.05, 0) is 13.0 Å². The second-order valence-electron chi connectivity index (χ2n) is 4.96. The minimum Gasteiger partial charge on any atom is -0.374 e. The summed E-state index contributed by atoms with van der Waals surface area (Å²) in [6.07, 6.45) is 0. The summed E-state index contributed by atoms with van der Waals surface area (Å²) in [5.74, 6) is -0.745. The van der Waals surface area contributed by atoms with E-state index in [1.807, 2.05) is 6.07 Å². The number of nitrogen functional groups attached to an aromatic ring is 1. The van der Waals surface area contributed by atoms with Crippen molar-refractivity contribution in [3.63, 3.8) is 0 Å². The molecule has 0 fully saturated rings. The fraction of sp³-hybridized carbons (Fsp3) is 0.214. The number of nitrogens with zero attached hydrogens (tertiary/aromatic N) is 3. The van der Waals surface area contributed by atoms with E-state index in [4.69, 9.17) is 5.73 Å². The van der Waals surface area contributed by atoms with Crippen molar-refractivity contribution in [2.24, 2.45) is 0 Å². The molecule has 0 saturated carbocycles. The molecule has 0 aliphatic heterocycles. The summed E-state index contributed by atoms with van der Waals surface area (Å²) in [6, 6.07) is 7.06. The van der Waals surface area contributed by atoms with E-state index < -0.39 is 5.92 Å². The smallest absolute Gasteiger partial charge is 0.272 e. The van der Waals surface area contributed by atoms with Crippen LogP contribution in [0, 0.1) is 0 Å². The summed E-state index contributed by atoms with van der Waals surface area (Å²) >= 11 is 1.22. The van der Waals surface area contributed by atoms with Gasteiger partial charge in [-0.15, -0.1) is 10.2 Å². The Hall–Kier alpha value is -2.81. The third kappa shape index (κ3) is 3.04. The number of benzene rings is 1. The number of anilines is 1. The molecule has 118 valence electrons. The average Bonchev–Trinajstić information content (AvgIpc) is 2.98. The maximum Gasteiger partial charge on any atom is 0.272 e. The molecule has 0 saturated heterocycles. The van der Waals surface area contributed by atoms with E-state index in [0.29, 0.717) is 26.6 Å². The highest BCUT2D eigenvalue weighted by atomic mass is 32.1. The average molecular weight is 330 g/mol. The zero-order valence-electron chi connectivity index (χ0n) is 12.2. The minimum absolute atomic E-state index is 0.219. The zero-order valence-corrected chi connectivity index (χ0v) is 13.1. The zero-order chi connectivity index (χ0) is 16.4. The van der Waals surface area contributed by atoms with Gasteiger partial charge in [-0.25, -0.2) is 5.10 Å². The summed E-state index contributed by atoms with van der Waals surface area (Å²) in [5.41, 5.74) is 5.75. The van der Waals surface area contributed by atoms with E-state index in [-0.39, 0.29) is 18.0 Å². The molecule has 4 N–H and O–H groups in total. The van der Waals surface area contributed by atoms with Gasteiger partial charge in [-0.3, -0.25) is 9.59 Å². The Labute approximate surface area is 134 Å². The Morgan fingerprint density at radius 2 is 2.09 bits per heavy atom. The fourth-order valence-electron chi connectivity index (χ4n) is 2.24. The molecule has 3 rings (SSSR count). The number of H-pyrrole nitrogens is 1. The van der Waals surface area contributed by atoms with Gasteiger partial charge in [0, 0.05) is 5.39 Å². The standard InChI is InChI=1S/C14H14N6O2S/c1-7(12(21)16-6-10-17-20-14(15)23-10)11-8-4-2-3-5-9(8)13(22)19-18-11/h2-5,7H,6H2,1H3,(H2,15,20)(H,16,21)(H,19,22). The van der Waals surface area contributed by atoms with Gasteiger partial charge in [-0.2, -0.15) is 5.10 Å². The molecule has 9 heteroatoms. The summed E-state index contributed by atoms with van der Waals surface area (Å²) in [6.45, 7) is 1.98. The van der Waals surface area contributed by atoms with Gasteiger partial charge in [0.2, 0.25) is 11.0 Å². The van der Waals surface area contributed by atoms with Crippen LogP contribution in [0.5, 0.6) is 0 Å². The van der Waals surface area contributed by atoms with Crippen LogP contribution in [-0.2, 0) is 11.3 Å². The number of hydrogen-bond donors (Lipinski definition) is 3. The first-order valence-corrected chi connectivity index (χ1v) is 7.71. The Morgan fingerprint density at radius 3 is 2.78 bits per heavy atom. The quantitative estimate of drug-likeness (QED) is 0.649. The number of nitrogens with two attached hydrogens (primary N) is 1. The highest BCUT2D eigenvalue weighted by molar-refractivity contribution is 7.15. The number of fused-ring (bicyclic) bond motifs is 1. The van der Waals surface area contributed by atoms with E-state index in [0.717, 1.165) is 0 Å². The van der Waals surface area contributed by atoms with E-state index in [1.165, 1.54) is 11.3 Å². The molecule has 1 amide bonds. The summed E-state index contributed by atoms with van der Waals surface area (Å²) < 4.78 is 0. The van der Waals surface area contributed by atoms with Gasteiger partial charge in [0.05, 0.1) is 23.5 Å². The van der Waals surface area contributed by atoms with Crippen molar-refractivity contribution in [3.8, 4) is 0 Å². The van der Waals surface area contributed by atoms with Crippen LogP contribution in [0.1, 0.15) is 23.5 Å². The fourth-order valence-corrected chi connectivity index (χ4v) is 2.79. The number of aromatic nitrogens is 4. The van der Waals surface area contributed by atoms with Gasteiger partial charge in [0.15, 0.2) is 0 Å². The Morgan fingerprint density at radius 1 is 1.35 bits per heavy atom. The number of amides is 1. The lowest BCUT2D eigenvalue weighted by Crippen LogP contribution is -2.29. The number of hydrogen-bond acceptors (Lipinski definition) is 7. The predicted octanol–water partition coefficient (Wildman–Crippen LogP) is 0.777. The highest BCUT2D eigenvalue weighted by Crippen LogP contribution is 2.21. The van der Waals surface area contributed by atoms with Crippen LogP contribution in [0.4, 0.5) is 5.13 Å². The van der Waals surface area contributed by atoms with Crippen LogP contribution >= 0.6 is 11.3 Å². The molecule has 2 aromatic heterocycles. The first kappa shape index (κ1) is 15.1. The van der Waals surface area contributed by atoms with Crippen LogP contribution in [0.2, 0.25) is 0 Å². The normalized spacial score (nSPS) is 12.2. The topological polar surface area (TPSA) is 127 Å². The molecular weight excluding hydrogens is 316 g/mol. The van der Waals surface area contributed by atoms with Gasteiger partial charge in [0.25, 0.3) is 5.56 Å². The molecule has 1 unspecified atom stereocenters. The Bertz CT molecular complexity index is 919. The van der Waals surface area contributed by atoms with Crippen LogP contribution < -0.4 is 16.6 Å². The molecule has 2 heterocycles. The molecule has 0 spiro atoms. The molecule has 1 aromatic carbocycles. The minimum atomic E-state index is -0.526. The molecule has 0 aliphatic carbocycles. The maximum atomic E-state index is 12.3. The summed E-state index contributed by atoms with van der Waals surface area (Å²) in [5, 5.41) is 18.9. The number of carbonyl (C=O) groups is 1. The number of rotatable bonds is 4. The van der Waals surface area contributed by atoms with E-state index in [1.54, 1.807) is 25.1 Å². The molecule has 0 aliphatic rings. The molecule has 23 heavy (non-hydrogen) atoms. The van der Waals surface area contributed by atoms with Crippen molar-refractivity contribution in [1.82, 2.24) is 25.7 Å². The van der Waals surface area contributed by atoms with Gasteiger partial charge < -0.3 is 11.1 Å². The molecule has 1 atom stereocenters. The third-order valence-electron chi connectivity index (χ3n) is 3.43. The maximum absolute atomic E-state index is 12.3. The first-order valence-electron chi connectivity index (χ1n) is 6.89. The van der Waals surface area contributed by atoms with Crippen LogP contribution in [-0.4, -0.2) is 26.3 Å². The monoisotopic (exact) mass is 330 g/mol. The summed E-state index contributed by atoms with van der Waals surface area (Å²) in [4.78, 5) is 24.1. The Balaban J connectivity index is 1.82. The molecule has 0 bridgehead atoms. The first-order chi connectivity index (χ1) is 11.1. The molecular formula is C14H14N6O2S. The highest BCUT2D eigenvalue weighted by Gasteiger charge is 2.20. The van der Waals surface area contributed by atoms with Crippen molar-refractivity contribution >= 4 is 33.1 Å². The lowest BCUT2D eigenvalue weighted by molar-refractivity contribution is -0.122. The van der Waals surface area contributed by atoms with Crippen molar-refractivity contribution in [2.45, 2.75) is 19.4 Å². The molecule has 0 radical (unpaired) electrons. The lowest BCUT2D eigenvalue weighted by atomic mass is 10.0. The van der Waals surface area contributed by atoms with Crippen LogP contribution in [0.25, 0.3) is 10.8 Å². The predicted molar refractivity (Wildman–Crippen MR) is 86.9 cm³/mol. The van der Waals surface area contributed by atoms with E-state index in [2.05, 4.69) is 25.7 Å². The van der Waals surface area contributed by atoms with Gasteiger partial charge >= 0.3 is 0 Å². The largest absolute Gasteiger partial charge is 0.374 e. The van der Waals surface area contributed by atoms with E-state index in [9.17, 15) is 9.59 Å². The van der Waals surface area contributed by atoms with Crippen molar-refractivity contribution in [2.75, 3.05) is 5.73 Å². The second-order valence-corrected chi connectivity index (χ2v) is 6.05. The van der Waals surface area contributed by atoms with Crippen molar-refractivity contribution in [3.05, 3.63) is 45.3 Å². The van der Waals surface area contributed by atoms with Crippen molar-refractivity contribution in [1.29, 1.82) is 0 Å². The van der Waals surface area contributed by atoms with E-state index >= 15 is 0 Å². The third-order valence-corrected chi connectivity index (χ3v) is 4.18. The van der Waals surface area contributed by atoms with Crippen LogP contribution in [0.15, 0.2) is 29.1 Å². The van der Waals surface area contributed by atoms with Gasteiger partial charge in [-0.1, -0.05) is 29.5 Å². The van der Waals surface area contributed by atoms with Gasteiger partial charge in [0.1, 0.15) is 5.01 Å². The lowest BCUT2D eigenvalue weighted by Gasteiger charge is -2.12. The summed E-state index contributed by atoms with van der Waals surface area (Å²) in [7, 11) is 0. The number of nitrogens with one attached hydrogen (secondary N) is 2. The van der Waals surface area contributed by atoms with Crippen LogP contribution in [0.3, 0.4) is 0 Å². The second kappa shape index (κ2) is 6.13. The molecule has 3 aromatic rings. The molecule has 8 nitrogen and oxygen atoms in total. The van der Waals surface area contributed by atoms with Crippen molar-refractivity contribution < 1.29 is 4.79 Å². The Kier molecular flexibility index (Phi) is 4.02. The number of carbonyl (C=O) groups excluding carboxylic acids is 1. The SMILES string of the molecule is CC(C(=O)NCc1nnc(N)s1)c1n[nH]c(=O)c2ccccc12. The number of aromatic amines is 1.